The second-order valence-corrected chi connectivity index (χ2v) is 7.86. The number of allylic oxidation sites excluding steroid dienone is 1. The molecule has 0 N–H and O–H groups in total. The second-order valence-electron chi connectivity index (χ2n) is 7.86. The molecule has 2 heteroatoms. The quantitative estimate of drug-likeness (QED) is 0.265. The fourth-order valence-corrected chi connectivity index (χ4v) is 3.44. The molecule has 0 spiro atoms. The summed E-state index contributed by atoms with van der Waals surface area (Å²) in [5, 5.41) is 0. The molecule has 27 heavy (non-hydrogen) atoms. The Morgan fingerprint density at radius 3 is 2.22 bits per heavy atom. The fraction of sp³-hybridized carbons (Fsp3) is 0.560. The first kappa shape index (κ1) is 21.5. The molecule has 1 aromatic carbocycles. The van der Waals surface area contributed by atoms with E-state index in [0.717, 1.165) is 42.2 Å². The molecule has 1 heterocycles. The van der Waals surface area contributed by atoms with E-state index in [1.54, 1.807) is 0 Å². The minimum atomic E-state index is 0.740. The average Bonchev–Trinajstić information content (AvgIpc) is 3.02. The number of oxazole rings is 1. The van der Waals surface area contributed by atoms with Crippen molar-refractivity contribution in [1.29, 1.82) is 0 Å². The van der Waals surface area contributed by atoms with Gasteiger partial charge in [0.1, 0.15) is 5.76 Å². The Labute approximate surface area is 166 Å². The van der Waals surface area contributed by atoms with Gasteiger partial charge in [0.2, 0.25) is 5.89 Å². The predicted octanol–water partition coefficient (Wildman–Crippen LogP) is 7.98. The van der Waals surface area contributed by atoms with Gasteiger partial charge >= 0.3 is 0 Å². The molecule has 0 saturated heterocycles. The van der Waals surface area contributed by atoms with Crippen molar-refractivity contribution in [3.8, 4) is 11.5 Å². The minimum absolute atomic E-state index is 0.740. The molecule has 0 saturated carbocycles. The Morgan fingerprint density at radius 2 is 1.52 bits per heavy atom. The van der Waals surface area contributed by atoms with Gasteiger partial charge in [0.25, 0.3) is 0 Å². The highest BCUT2D eigenvalue weighted by molar-refractivity contribution is 5.54. The Kier molecular flexibility index (Phi) is 9.38. The van der Waals surface area contributed by atoms with Crippen LogP contribution in [-0.2, 0) is 6.42 Å². The van der Waals surface area contributed by atoms with Crippen molar-refractivity contribution in [3.05, 3.63) is 53.4 Å². The number of nitrogens with zero attached hydrogens (tertiary/aromatic N) is 1. The monoisotopic (exact) mass is 367 g/mol. The van der Waals surface area contributed by atoms with Crippen molar-refractivity contribution in [2.45, 2.75) is 91.4 Å². The first-order valence-electron chi connectivity index (χ1n) is 10.8. The van der Waals surface area contributed by atoms with Gasteiger partial charge in [0, 0.05) is 5.56 Å². The molecule has 0 aliphatic rings. The van der Waals surface area contributed by atoms with Gasteiger partial charge in [0.05, 0.1) is 5.69 Å². The molecular weight excluding hydrogens is 330 g/mol. The number of hydrogen-bond acceptors (Lipinski definition) is 2. The molecule has 1 aromatic heterocycles. The number of aromatic nitrogens is 1. The lowest BCUT2D eigenvalue weighted by Crippen LogP contribution is -1.91. The van der Waals surface area contributed by atoms with E-state index in [-0.39, 0.29) is 0 Å². The van der Waals surface area contributed by atoms with E-state index in [4.69, 9.17) is 9.40 Å². The van der Waals surface area contributed by atoms with Gasteiger partial charge in [-0.15, -0.1) is 0 Å². The smallest absolute Gasteiger partial charge is 0.226 e. The summed E-state index contributed by atoms with van der Waals surface area (Å²) in [4.78, 5) is 4.72. The summed E-state index contributed by atoms with van der Waals surface area (Å²) in [6.45, 7) is 10.7. The maximum Gasteiger partial charge on any atom is 0.226 e. The lowest BCUT2D eigenvalue weighted by Gasteiger charge is -2.05. The summed E-state index contributed by atoms with van der Waals surface area (Å²) in [5.74, 6) is 1.69. The summed E-state index contributed by atoms with van der Waals surface area (Å²) in [6.07, 6.45) is 13.9. The molecule has 0 aliphatic carbocycles. The van der Waals surface area contributed by atoms with Crippen molar-refractivity contribution in [2.24, 2.45) is 0 Å². The van der Waals surface area contributed by atoms with Crippen LogP contribution in [0.4, 0.5) is 0 Å². The van der Waals surface area contributed by atoms with Gasteiger partial charge in [0.15, 0.2) is 0 Å². The topological polar surface area (TPSA) is 26.0 Å². The summed E-state index contributed by atoms with van der Waals surface area (Å²) in [6, 6.07) is 8.35. The van der Waals surface area contributed by atoms with Crippen molar-refractivity contribution in [2.75, 3.05) is 0 Å². The maximum absolute atomic E-state index is 5.88. The van der Waals surface area contributed by atoms with E-state index in [9.17, 15) is 0 Å². The van der Waals surface area contributed by atoms with Crippen molar-refractivity contribution in [1.82, 2.24) is 4.98 Å². The molecule has 148 valence electrons. The van der Waals surface area contributed by atoms with Crippen molar-refractivity contribution in [3.63, 3.8) is 0 Å². The van der Waals surface area contributed by atoms with Gasteiger partial charge in [-0.05, 0) is 58.1 Å². The van der Waals surface area contributed by atoms with Crippen LogP contribution in [-0.4, -0.2) is 4.98 Å². The molecule has 0 radical (unpaired) electrons. The van der Waals surface area contributed by atoms with E-state index in [0.29, 0.717) is 0 Å². The number of aryl methyl sites for hydroxylation is 3. The molecule has 0 bridgehead atoms. The molecule has 0 atom stereocenters. The van der Waals surface area contributed by atoms with Gasteiger partial charge in [-0.1, -0.05) is 75.3 Å². The molecule has 0 fully saturated rings. The third kappa shape index (κ3) is 7.74. The number of unbranched alkanes of at least 4 members (excludes halogenated alkanes) is 6. The van der Waals surface area contributed by atoms with Gasteiger partial charge in [-0.2, -0.15) is 0 Å². The molecule has 2 nitrogen and oxygen atoms in total. The highest BCUT2D eigenvalue weighted by atomic mass is 16.4. The van der Waals surface area contributed by atoms with Crippen LogP contribution in [0.3, 0.4) is 0 Å². The van der Waals surface area contributed by atoms with Crippen LogP contribution in [0.25, 0.3) is 11.5 Å². The largest absolute Gasteiger partial charge is 0.441 e. The number of hydrogen-bond donors (Lipinski definition) is 0. The molecule has 2 rings (SSSR count). The SMILES string of the molecule is C=C(CCCCCCCCC)CCCc1nc(-c2ccc(C)cc2)oc1C. The molecular formula is C25H37NO. The summed E-state index contributed by atoms with van der Waals surface area (Å²) < 4.78 is 5.88. The lowest BCUT2D eigenvalue weighted by molar-refractivity contribution is 0.538. The Hall–Kier alpha value is -1.83. The van der Waals surface area contributed by atoms with Crippen LogP contribution < -0.4 is 0 Å². The van der Waals surface area contributed by atoms with Gasteiger partial charge in [-0.3, -0.25) is 0 Å². The summed E-state index contributed by atoms with van der Waals surface area (Å²) in [7, 11) is 0. The Morgan fingerprint density at radius 1 is 0.889 bits per heavy atom. The zero-order valence-corrected chi connectivity index (χ0v) is 17.7. The highest BCUT2D eigenvalue weighted by Gasteiger charge is 2.11. The van der Waals surface area contributed by atoms with Crippen molar-refractivity contribution >= 4 is 0 Å². The molecule has 2 aromatic rings. The van der Waals surface area contributed by atoms with Crippen LogP contribution in [0, 0.1) is 13.8 Å². The minimum Gasteiger partial charge on any atom is -0.441 e. The first-order chi connectivity index (χ1) is 13.1. The zero-order valence-electron chi connectivity index (χ0n) is 17.7. The highest BCUT2D eigenvalue weighted by Crippen LogP contribution is 2.24. The van der Waals surface area contributed by atoms with E-state index in [1.165, 1.54) is 62.5 Å². The average molecular weight is 368 g/mol. The van der Waals surface area contributed by atoms with E-state index < -0.39 is 0 Å². The normalized spacial score (nSPS) is 11.1. The van der Waals surface area contributed by atoms with Crippen LogP contribution in [0.2, 0.25) is 0 Å². The lowest BCUT2D eigenvalue weighted by atomic mass is 10.0. The van der Waals surface area contributed by atoms with Crippen molar-refractivity contribution < 1.29 is 4.42 Å². The summed E-state index contributed by atoms with van der Waals surface area (Å²) >= 11 is 0. The first-order valence-corrected chi connectivity index (χ1v) is 10.8. The van der Waals surface area contributed by atoms with Crippen LogP contribution in [0.15, 0.2) is 40.8 Å². The molecule has 0 aliphatic heterocycles. The van der Waals surface area contributed by atoms with Crippen LogP contribution >= 0.6 is 0 Å². The third-order valence-corrected chi connectivity index (χ3v) is 5.27. The Balaban J connectivity index is 1.66. The third-order valence-electron chi connectivity index (χ3n) is 5.27. The second kappa shape index (κ2) is 11.8. The molecule has 0 amide bonds. The zero-order chi connectivity index (χ0) is 19.5. The van der Waals surface area contributed by atoms with E-state index in [2.05, 4.69) is 44.7 Å². The van der Waals surface area contributed by atoms with Crippen LogP contribution in [0.1, 0.15) is 88.1 Å². The van der Waals surface area contributed by atoms with Gasteiger partial charge in [-0.25, -0.2) is 4.98 Å². The number of benzene rings is 1. The molecule has 0 unspecified atom stereocenters. The van der Waals surface area contributed by atoms with Gasteiger partial charge < -0.3 is 4.42 Å². The standard InChI is InChI=1S/C25H37NO/c1-5-6-7-8-9-10-11-13-20(2)14-12-15-24-22(4)27-25(26-24)23-18-16-21(3)17-19-23/h16-19H,2,5-15H2,1,3-4H3. The maximum atomic E-state index is 5.88. The van der Waals surface area contributed by atoms with Crippen LogP contribution in [0.5, 0.6) is 0 Å². The number of rotatable bonds is 13. The predicted molar refractivity (Wildman–Crippen MR) is 116 cm³/mol. The summed E-state index contributed by atoms with van der Waals surface area (Å²) in [5.41, 5.74) is 4.79. The van der Waals surface area contributed by atoms with E-state index >= 15 is 0 Å². The van der Waals surface area contributed by atoms with E-state index in [1.807, 2.05) is 6.92 Å². The fourth-order valence-electron chi connectivity index (χ4n) is 3.44. The Bertz CT molecular complexity index is 681.